The summed E-state index contributed by atoms with van der Waals surface area (Å²) < 4.78 is 5.47. The molecular formula is C23H28N6O2. The van der Waals surface area contributed by atoms with Crippen LogP contribution in [0.1, 0.15) is 43.9 Å². The number of hydrogen-bond donors (Lipinski definition) is 1. The van der Waals surface area contributed by atoms with E-state index in [1.165, 1.54) is 25.3 Å². The minimum atomic E-state index is -0.113. The summed E-state index contributed by atoms with van der Waals surface area (Å²) in [6.45, 7) is 8.21. The van der Waals surface area contributed by atoms with Gasteiger partial charge < -0.3 is 19.9 Å². The number of amides is 1. The summed E-state index contributed by atoms with van der Waals surface area (Å²) in [5, 5.41) is 2.82. The van der Waals surface area contributed by atoms with Gasteiger partial charge in [-0.2, -0.15) is 4.98 Å². The van der Waals surface area contributed by atoms with Gasteiger partial charge >= 0.3 is 0 Å². The third-order valence-electron chi connectivity index (χ3n) is 7.39. The number of carbonyl (C=O) groups is 1. The number of pyridine rings is 1. The number of ether oxygens (including phenoxy) is 1. The summed E-state index contributed by atoms with van der Waals surface area (Å²) in [4.78, 5) is 30.4. The van der Waals surface area contributed by atoms with Crippen LogP contribution in [-0.4, -0.2) is 53.7 Å². The first kappa shape index (κ1) is 19.0. The lowest BCUT2D eigenvalue weighted by molar-refractivity contribution is -0.124. The van der Waals surface area contributed by atoms with E-state index in [4.69, 9.17) is 14.7 Å². The number of piperidine rings is 1. The van der Waals surface area contributed by atoms with Crippen molar-refractivity contribution in [2.24, 2.45) is 5.41 Å². The number of fused-ring (bicyclic) bond motifs is 2. The van der Waals surface area contributed by atoms with Gasteiger partial charge in [0.15, 0.2) is 0 Å². The zero-order valence-corrected chi connectivity index (χ0v) is 18.1. The van der Waals surface area contributed by atoms with Crippen LogP contribution >= 0.6 is 0 Å². The minimum Gasteiger partial charge on any atom is -0.380 e. The number of aryl methyl sites for hydroxylation is 1. The molecule has 5 heterocycles. The van der Waals surface area contributed by atoms with Crippen LogP contribution in [0.4, 0.5) is 23.3 Å². The number of nitrogens with one attached hydrogen (secondary N) is 1. The maximum Gasteiger partial charge on any atom is 0.227 e. The molecule has 6 rings (SSSR count). The van der Waals surface area contributed by atoms with E-state index in [1.54, 1.807) is 0 Å². The van der Waals surface area contributed by atoms with Gasteiger partial charge in [0, 0.05) is 67.0 Å². The first-order chi connectivity index (χ1) is 15.0. The Morgan fingerprint density at radius 2 is 1.90 bits per heavy atom. The van der Waals surface area contributed by atoms with Crippen LogP contribution in [-0.2, 0) is 14.9 Å². The molecular weight excluding hydrogens is 392 g/mol. The average Bonchev–Trinajstić information content (AvgIpc) is 3.43. The van der Waals surface area contributed by atoms with E-state index < -0.39 is 0 Å². The van der Waals surface area contributed by atoms with Crippen LogP contribution in [0.25, 0.3) is 0 Å². The number of anilines is 4. The van der Waals surface area contributed by atoms with Gasteiger partial charge in [-0.25, -0.2) is 9.97 Å². The Balaban J connectivity index is 1.32. The summed E-state index contributed by atoms with van der Waals surface area (Å²) in [5.74, 6) is 2.22. The molecule has 0 unspecified atom stereocenters. The molecule has 8 heteroatoms. The summed E-state index contributed by atoms with van der Waals surface area (Å²) in [6, 6.07) is 4.06. The first-order valence-corrected chi connectivity index (χ1v) is 11.2. The molecule has 0 atom stereocenters. The fourth-order valence-electron chi connectivity index (χ4n) is 5.26. The highest BCUT2D eigenvalue weighted by Gasteiger charge is 2.52. The molecule has 2 spiro atoms. The molecule has 0 aromatic carbocycles. The van der Waals surface area contributed by atoms with Crippen LogP contribution in [0.2, 0.25) is 0 Å². The van der Waals surface area contributed by atoms with E-state index in [0.717, 1.165) is 68.8 Å². The molecule has 8 nitrogen and oxygen atoms in total. The summed E-state index contributed by atoms with van der Waals surface area (Å²) >= 11 is 0. The first-order valence-electron chi connectivity index (χ1n) is 11.2. The van der Waals surface area contributed by atoms with Crippen LogP contribution in [0.3, 0.4) is 0 Å². The van der Waals surface area contributed by atoms with Crippen molar-refractivity contribution in [2.75, 3.05) is 48.0 Å². The maximum atomic E-state index is 11.5. The van der Waals surface area contributed by atoms with Gasteiger partial charge in [-0.3, -0.25) is 4.79 Å². The van der Waals surface area contributed by atoms with Crippen LogP contribution in [0, 0.1) is 12.3 Å². The minimum absolute atomic E-state index is 0.113. The van der Waals surface area contributed by atoms with Gasteiger partial charge in [0.2, 0.25) is 11.9 Å². The molecule has 1 amide bonds. The van der Waals surface area contributed by atoms with E-state index in [1.807, 2.05) is 19.2 Å². The van der Waals surface area contributed by atoms with Gasteiger partial charge in [-0.15, -0.1) is 0 Å². The Morgan fingerprint density at radius 3 is 2.55 bits per heavy atom. The fourth-order valence-corrected chi connectivity index (χ4v) is 5.26. The maximum absolute atomic E-state index is 11.5. The molecule has 2 aromatic heterocycles. The van der Waals surface area contributed by atoms with Crippen LogP contribution in [0.15, 0.2) is 18.3 Å². The lowest BCUT2D eigenvalue weighted by Gasteiger charge is -2.47. The highest BCUT2D eigenvalue weighted by molar-refractivity contribution is 5.89. The van der Waals surface area contributed by atoms with E-state index in [2.05, 4.69) is 26.2 Å². The van der Waals surface area contributed by atoms with Crippen molar-refractivity contribution >= 4 is 29.2 Å². The van der Waals surface area contributed by atoms with E-state index in [9.17, 15) is 4.79 Å². The number of aromatic nitrogens is 3. The van der Waals surface area contributed by atoms with Gasteiger partial charge in [0.25, 0.3) is 0 Å². The Labute approximate surface area is 182 Å². The van der Waals surface area contributed by atoms with Crippen LogP contribution < -0.4 is 15.1 Å². The number of nitrogens with zero attached hydrogens (tertiary/aromatic N) is 5. The lowest BCUT2D eigenvalue weighted by Crippen LogP contribution is -2.51. The van der Waals surface area contributed by atoms with Crippen molar-refractivity contribution in [1.29, 1.82) is 0 Å². The Hall–Kier alpha value is -2.74. The molecule has 1 saturated carbocycles. The zero-order valence-electron chi connectivity index (χ0n) is 18.1. The molecule has 3 fully saturated rings. The number of rotatable bonds is 3. The average molecular weight is 421 g/mol. The second kappa shape index (κ2) is 6.63. The Morgan fingerprint density at radius 1 is 1.13 bits per heavy atom. The van der Waals surface area contributed by atoms with E-state index >= 15 is 0 Å². The fraction of sp³-hybridized carbons (Fsp3) is 0.565. The zero-order chi connectivity index (χ0) is 21.2. The third-order valence-corrected chi connectivity index (χ3v) is 7.39. The van der Waals surface area contributed by atoms with Crippen molar-refractivity contribution in [3.8, 4) is 0 Å². The molecule has 2 aromatic rings. The second-order valence-corrected chi connectivity index (χ2v) is 9.78. The normalized spacial score (nSPS) is 22.4. The van der Waals surface area contributed by atoms with Crippen molar-refractivity contribution in [1.82, 2.24) is 15.0 Å². The lowest BCUT2D eigenvalue weighted by atomic mass is 9.77. The quantitative estimate of drug-likeness (QED) is 0.817. The van der Waals surface area contributed by atoms with Crippen molar-refractivity contribution < 1.29 is 9.53 Å². The van der Waals surface area contributed by atoms with E-state index in [0.29, 0.717) is 11.2 Å². The molecule has 31 heavy (non-hydrogen) atoms. The SMILES string of the molecule is CC(=O)Nc1cc2c(cn1)C1(CC1)CN2c1cc(C)nc(N2CCC3(CC2)COC3)n1. The molecule has 0 bridgehead atoms. The highest BCUT2D eigenvalue weighted by Crippen LogP contribution is 2.58. The van der Waals surface area contributed by atoms with Gasteiger partial charge in [-0.05, 0) is 32.6 Å². The molecule has 3 aliphatic heterocycles. The summed E-state index contributed by atoms with van der Waals surface area (Å²) in [6.07, 6.45) is 6.56. The molecule has 2 saturated heterocycles. The van der Waals surface area contributed by atoms with Crippen LogP contribution in [0.5, 0.6) is 0 Å². The van der Waals surface area contributed by atoms with Gasteiger partial charge in [-0.1, -0.05) is 0 Å². The van der Waals surface area contributed by atoms with Crippen molar-refractivity contribution in [3.63, 3.8) is 0 Å². The van der Waals surface area contributed by atoms with Gasteiger partial charge in [0.05, 0.1) is 18.9 Å². The molecule has 162 valence electrons. The molecule has 4 aliphatic rings. The summed E-state index contributed by atoms with van der Waals surface area (Å²) in [5.41, 5.74) is 3.91. The van der Waals surface area contributed by atoms with Crippen molar-refractivity contribution in [2.45, 2.75) is 44.9 Å². The second-order valence-electron chi connectivity index (χ2n) is 9.78. The molecule has 1 aliphatic carbocycles. The Bertz CT molecular complexity index is 1050. The molecule has 1 N–H and O–H groups in total. The smallest absolute Gasteiger partial charge is 0.227 e. The van der Waals surface area contributed by atoms with Crippen molar-refractivity contribution in [3.05, 3.63) is 29.6 Å². The molecule has 0 radical (unpaired) electrons. The summed E-state index contributed by atoms with van der Waals surface area (Å²) in [7, 11) is 0. The largest absolute Gasteiger partial charge is 0.380 e. The van der Waals surface area contributed by atoms with Gasteiger partial charge in [0.1, 0.15) is 11.6 Å². The topological polar surface area (TPSA) is 83.5 Å². The third kappa shape index (κ3) is 3.15. The van der Waals surface area contributed by atoms with E-state index in [-0.39, 0.29) is 11.3 Å². The predicted molar refractivity (Wildman–Crippen MR) is 118 cm³/mol. The number of hydrogen-bond acceptors (Lipinski definition) is 7. The standard InChI is InChI=1S/C23H28N6O2/c1-15-9-20(27-21(25-15)28-7-5-22(6-8-28)13-31-14-22)29-12-23(3-4-23)17-11-24-19(10-18(17)29)26-16(2)30/h9-11H,3-8,12-14H2,1-2H3,(H,24,26,30). The monoisotopic (exact) mass is 420 g/mol. The Kier molecular flexibility index (Phi) is 4.06. The number of carbonyl (C=O) groups excluding carboxylic acids is 1. The predicted octanol–water partition coefficient (Wildman–Crippen LogP) is 2.94. The highest BCUT2D eigenvalue weighted by atomic mass is 16.5.